The second-order valence-electron chi connectivity index (χ2n) is 4.05. The summed E-state index contributed by atoms with van der Waals surface area (Å²) >= 11 is 0. The molecule has 1 aliphatic carbocycles. The maximum absolute atomic E-state index is 13.3. The molecule has 1 fully saturated rings. The predicted octanol–water partition coefficient (Wildman–Crippen LogP) is 2.00. The highest BCUT2D eigenvalue weighted by Gasteiger charge is 2.39. The second kappa shape index (κ2) is 3.53. The number of carbonyl (C=O) groups excluding carboxylic acids is 1. The summed E-state index contributed by atoms with van der Waals surface area (Å²) in [6.45, 7) is 2.00. The maximum Gasteiger partial charge on any atom is 0.227 e. The normalized spacial score (nSPS) is 23.6. The van der Waals surface area contributed by atoms with Crippen LogP contribution in [0.4, 0.5) is 15.8 Å². The molecule has 0 spiro atoms. The van der Waals surface area contributed by atoms with Crippen LogP contribution in [-0.4, -0.2) is 5.91 Å². The molecule has 1 amide bonds. The summed E-state index contributed by atoms with van der Waals surface area (Å²) < 4.78 is 13.3. The van der Waals surface area contributed by atoms with Crippen molar-refractivity contribution in [2.45, 2.75) is 13.3 Å². The standard InChI is InChI=1S/C11H13FN2O/c1-6-4-8(6)11(15)14-10-3-2-7(13)5-9(10)12/h2-3,5-6,8H,4,13H2,1H3,(H,14,15). The molecule has 2 atom stereocenters. The van der Waals surface area contributed by atoms with Gasteiger partial charge >= 0.3 is 0 Å². The van der Waals surface area contributed by atoms with Crippen LogP contribution < -0.4 is 11.1 Å². The maximum atomic E-state index is 13.3. The zero-order valence-corrected chi connectivity index (χ0v) is 8.46. The molecule has 0 aliphatic heterocycles. The van der Waals surface area contributed by atoms with Crippen LogP contribution in [0.2, 0.25) is 0 Å². The molecule has 1 aromatic carbocycles. The van der Waals surface area contributed by atoms with Crippen molar-refractivity contribution in [3.05, 3.63) is 24.0 Å². The van der Waals surface area contributed by atoms with Gasteiger partial charge in [0.1, 0.15) is 5.82 Å². The number of nitrogens with one attached hydrogen (secondary N) is 1. The summed E-state index contributed by atoms with van der Waals surface area (Å²) in [7, 11) is 0. The molecule has 0 heterocycles. The van der Waals surface area contributed by atoms with E-state index in [2.05, 4.69) is 5.32 Å². The van der Waals surface area contributed by atoms with Crippen molar-refractivity contribution >= 4 is 17.3 Å². The lowest BCUT2D eigenvalue weighted by Crippen LogP contribution is -2.15. The molecule has 2 rings (SSSR count). The van der Waals surface area contributed by atoms with Gasteiger partial charge in [-0.25, -0.2) is 4.39 Å². The summed E-state index contributed by atoms with van der Waals surface area (Å²) in [6, 6.07) is 4.25. The van der Waals surface area contributed by atoms with Crippen LogP contribution in [0.1, 0.15) is 13.3 Å². The summed E-state index contributed by atoms with van der Waals surface area (Å²) in [5.74, 6) is -0.133. The van der Waals surface area contributed by atoms with Crippen molar-refractivity contribution < 1.29 is 9.18 Å². The van der Waals surface area contributed by atoms with E-state index in [9.17, 15) is 9.18 Å². The van der Waals surface area contributed by atoms with Crippen LogP contribution in [0.15, 0.2) is 18.2 Å². The van der Waals surface area contributed by atoms with Gasteiger partial charge in [0, 0.05) is 11.6 Å². The third-order valence-corrected chi connectivity index (χ3v) is 2.70. The van der Waals surface area contributed by atoms with Crippen LogP contribution >= 0.6 is 0 Å². The molecule has 80 valence electrons. The van der Waals surface area contributed by atoms with E-state index < -0.39 is 5.82 Å². The van der Waals surface area contributed by atoms with Gasteiger partial charge in [0.05, 0.1) is 5.69 Å². The first-order valence-electron chi connectivity index (χ1n) is 4.94. The second-order valence-corrected chi connectivity index (χ2v) is 4.05. The lowest BCUT2D eigenvalue weighted by atomic mass is 10.2. The van der Waals surface area contributed by atoms with Crippen molar-refractivity contribution in [3.63, 3.8) is 0 Å². The van der Waals surface area contributed by atoms with Crippen molar-refractivity contribution in [3.8, 4) is 0 Å². The molecule has 0 bridgehead atoms. The number of nitrogens with two attached hydrogens (primary N) is 1. The summed E-state index contributed by atoms with van der Waals surface area (Å²) in [5, 5.41) is 2.56. The summed E-state index contributed by atoms with van der Waals surface area (Å²) in [5.41, 5.74) is 5.95. The highest BCUT2D eigenvalue weighted by Crippen LogP contribution is 2.38. The SMILES string of the molecule is CC1CC1C(=O)Nc1ccc(N)cc1F. The molecule has 1 aliphatic rings. The van der Waals surface area contributed by atoms with Gasteiger partial charge in [-0.15, -0.1) is 0 Å². The number of hydrogen-bond acceptors (Lipinski definition) is 2. The Labute approximate surface area is 87.5 Å². The zero-order valence-electron chi connectivity index (χ0n) is 8.46. The molecule has 1 aromatic rings. The van der Waals surface area contributed by atoms with Gasteiger partial charge in [0.25, 0.3) is 0 Å². The topological polar surface area (TPSA) is 55.1 Å². The molecule has 3 nitrogen and oxygen atoms in total. The Hall–Kier alpha value is -1.58. The molecule has 0 aromatic heterocycles. The Balaban J connectivity index is 2.07. The molecular formula is C11H13FN2O. The minimum Gasteiger partial charge on any atom is -0.399 e. The predicted molar refractivity (Wildman–Crippen MR) is 56.7 cm³/mol. The highest BCUT2D eigenvalue weighted by molar-refractivity contribution is 5.94. The number of rotatable bonds is 2. The van der Waals surface area contributed by atoms with Gasteiger partial charge in [0.15, 0.2) is 0 Å². The molecule has 0 radical (unpaired) electrons. The Morgan fingerprint density at radius 1 is 1.60 bits per heavy atom. The summed E-state index contributed by atoms with van der Waals surface area (Å²) in [6.07, 6.45) is 0.891. The van der Waals surface area contributed by atoms with Crippen LogP contribution in [0, 0.1) is 17.7 Å². The van der Waals surface area contributed by atoms with Crippen molar-refractivity contribution in [2.24, 2.45) is 11.8 Å². The average Bonchev–Trinajstić information content (AvgIpc) is 2.88. The number of amides is 1. The van der Waals surface area contributed by atoms with Gasteiger partial charge in [-0.1, -0.05) is 6.92 Å². The summed E-state index contributed by atoms with van der Waals surface area (Å²) in [4.78, 5) is 11.5. The minimum atomic E-state index is -0.489. The number of carbonyl (C=O) groups is 1. The van der Waals surface area contributed by atoms with E-state index in [1.165, 1.54) is 12.1 Å². The molecule has 0 saturated heterocycles. The van der Waals surface area contributed by atoms with Crippen molar-refractivity contribution in [2.75, 3.05) is 11.1 Å². The molecule has 3 N–H and O–H groups in total. The number of hydrogen-bond donors (Lipinski definition) is 2. The highest BCUT2D eigenvalue weighted by atomic mass is 19.1. The van der Waals surface area contributed by atoms with Gasteiger partial charge in [-0.2, -0.15) is 0 Å². The van der Waals surface area contributed by atoms with Gasteiger partial charge in [-0.3, -0.25) is 4.79 Å². The molecule has 4 heteroatoms. The monoisotopic (exact) mass is 208 g/mol. The van der Waals surface area contributed by atoms with E-state index in [0.717, 1.165) is 6.42 Å². The average molecular weight is 208 g/mol. The zero-order chi connectivity index (χ0) is 11.0. The first-order chi connectivity index (χ1) is 7.08. The first kappa shape index (κ1) is 9.96. The number of anilines is 2. The third kappa shape index (κ3) is 2.09. The van der Waals surface area contributed by atoms with E-state index in [0.29, 0.717) is 11.6 Å². The van der Waals surface area contributed by atoms with Gasteiger partial charge in [-0.05, 0) is 30.5 Å². The van der Waals surface area contributed by atoms with E-state index in [-0.39, 0.29) is 17.5 Å². The molecule has 15 heavy (non-hydrogen) atoms. The fourth-order valence-electron chi connectivity index (χ4n) is 1.55. The lowest BCUT2D eigenvalue weighted by molar-refractivity contribution is -0.117. The fraction of sp³-hybridized carbons (Fsp3) is 0.364. The van der Waals surface area contributed by atoms with E-state index in [1.807, 2.05) is 6.92 Å². The molecule has 1 saturated carbocycles. The Kier molecular flexibility index (Phi) is 2.34. The van der Waals surface area contributed by atoms with Crippen LogP contribution in [0.3, 0.4) is 0 Å². The van der Waals surface area contributed by atoms with Crippen molar-refractivity contribution in [1.29, 1.82) is 0 Å². The molecular weight excluding hydrogens is 195 g/mol. The van der Waals surface area contributed by atoms with E-state index >= 15 is 0 Å². The van der Waals surface area contributed by atoms with Crippen molar-refractivity contribution in [1.82, 2.24) is 0 Å². The molecule has 2 unspecified atom stereocenters. The Morgan fingerprint density at radius 3 is 2.80 bits per heavy atom. The fourth-order valence-corrected chi connectivity index (χ4v) is 1.55. The third-order valence-electron chi connectivity index (χ3n) is 2.70. The smallest absolute Gasteiger partial charge is 0.227 e. The lowest BCUT2D eigenvalue weighted by Gasteiger charge is -2.06. The van der Waals surface area contributed by atoms with E-state index in [4.69, 9.17) is 5.73 Å². The van der Waals surface area contributed by atoms with Gasteiger partial charge in [0.2, 0.25) is 5.91 Å². The number of halogens is 1. The quantitative estimate of drug-likeness (QED) is 0.730. The Bertz CT molecular complexity index is 406. The largest absolute Gasteiger partial charge is 0.399 e. The first-order valence-corrected chi connectivity index (χ1v) is 4.94. The number of benzene rings is 1. The minimum absolute atomic E-state index is 0.0435. The van der Waals surface area contributed by atoms with Crippen LogP contribution in [-0.2, 0) is 4.79 Å². The van der Waals surface area contributed by atoms with Crippen LogP contribution in [0.25, 0.3) is 0 Å². The van der Waals surface area contributed by atoms with Gasteiger partial charge < -0.3 is 11.1 Å². The van der Waals surface area contributed by atoms with Crippen LogP contribution in [0.5, 0.6) is 0 Å². The number of nitrogen functional groups attached to an aromatic ring is 1. The van der Waals surface area contributed by atoms with E-state index in [1.54, 1.807) is 6.07 Å². The Morgan fingerprint density at radius 2 is 2.27 bits per heavy atom.